The van der Waals surface area contributed by atoms with Gasteiger partial charge < -0.3 is 10.1 Å². The van der Waals surface area contributed by atoms with Gasteiger partial charge in [-0.1, -0.05) is 11.3 Å². The zero-order chi connectivity index (χ0) is 14.3. The second kappa shape index (κ2) is 7.76. The number of aryl methyl sites for hydroxylation is 1. The molecule has 1 amide bonds. The molecule has 0 aliphatic carbocycles. The smallest absolute Gasteiger partial charge is 0.350 e. The van der Waals surface area contributed by atoms with Gasteiger partial charge in [0.15, 0.2) is 5.13 Å². The number of ether oxygens (including phenoxy) is 1. The van der Waals surface area contributed by atoms with Gasteiger partial charge in [0.2, 0.25) is 5.91 Å². The maximum atomic E-state index is 11.6. The Morgan fingerprint density at radius 2 is 2.32 bits per heavy atom. The lowest BCUT2D eigenvalue weighted by molar-refractivity contribution is -0.113. The van der Waals surface area contributed by atoms with Crippen LogP contribution in [0.25, 0.3) is 0 Å². The number of carbonyl (C=O) groups excluding carboxylic acids is 2. The molecular weight excluding hydrogens is 286 g/mol. The summed E-state index contributed by atoms with van der Waals surface area (Å²) >= 11 is 2.30. The molecule has 0 spiro atoms. The van der Waals surface area contributed by atoms with Crippen LogP contribution in [-0.4, -0.2) is 35.0 Å². The third kappa shape index (κ3) is 4.89. The molecule has 8 heteroatoms. The fourth-order valence-corrected chi connectivity index (χ4v) is 2.51. The molecule has 19 heavy (non-hydrogen) atoms. The van der Waals surface area contributed by atoms with Crippen molar-refractivity contribution in [3.8, 4) is 6.07 Å². The molecule has 1 rings (SSSR count). The first kappa shape index (κ1) is 15.5. The lowest BCUT2D eigenvalue weighted by Crippen LogP contribution is -2.14. The van der Waals surface area contributed by atoms with Crippen molar-refractivity contribution >= 4 is 40.1 Å². The molecule has 0 aliphatic heterocycles. The van der Waals surface area contributed by atoms with E-state index < -0.39 is 5.97 Å². The van der Waals surface area contributed by atoms with Crippen molar-refractivity contribution in [2.45, 2.75) is 13.8 Å². The van der Waals surface area contributed by atoms with Crippen LogP contribution in [-0.2, 0) is 9.53 Å². The van der Waals surface area contributed by atoms with Crippen LogP contribution < -0.4 is 5.32 Å². The number of amides is 1. The lowest BCUT2D eigenvalue weighted by Gasteiger charge is -1.99. The molecule has 1 N–H and O–H groups in total. The van der Waals surface area contributed by atoms with Gasteiger partial charge in [0.1, 0.15) is 4.88 Å². The summed E-state index contributed by atoms with van der Waals surface area (Å²) in [7, 11) is 0. The standard InChI is InChI=1S/C11H13N3O3S2/c1-3-17-10(16)9-7(2)13-11(19-9)14-8(15)6-18-5-4-12/h3,5-6H2,1-2H3,(H,13,14,15). The molecule has 0 saturated heterocycles. The van der Waals surface area contributed by atoms with Gasteiger partial charge in [0, 0.05) is 0 Å². The number of aromatic nitrogens is 1. The first-order valence-electron chi connectivity index (χ1n) is 5.47. The fraction of sp³-hybridized carbons (Fsp3) is 0.455. The van der Waals surface area contributed by atoms with E-state index in [1.165, 1.54) is 11.8 Å². The molecule has 0 aliphatic rings. The van der Waals surface area contributed by atoms with E-state index in [1.54, 1.807) is 13.8 Å². The van der Waals surface area contributed by atoms with Gasteiger partial charge in [-0.05, 0) is 13.8 Å². The van der Waals surface area contributed by atoms with Gasteiger partial charge in [-0.25, -0.2) is 9.78 Å². The summed E-state index contributed by atoms with van der Waals surface area (Å²) in [5.74, 6) is -0.236. The third-order valence-corrected chi connectivity index (χ3v) is 3.76. The quantitative estimate of drug-likeness (QED) is 0.636. The third-order valence-electron chi connectivity index (χ3n) is 1.90. The summed E-state index contributed by atoms with van der Waals surface area (Å²) in [6, 6.07) is 1.94. The number of thiazole rings is 1. The Hall–Kier alpha value is -1.59. The summed E-state index contributed by atoms with van der Waals surface area (Å²) in [4.78, 5) is 27.6. The summed E-state index contributed by atoms with van der Waals surface area (Å²) in [5.41, 5.74) is 0.531. The molecule has 1 aromatic rings. The van der Waals surface area contributed by atoms with E-state index in [2.05, 4.69) is 10.3 Å². The van der Waals surface area contributed by atoms with Crippen LogP contribution in [0.3, 0.4) is 0 Å². The number of hydrogen-bond donors (Lipinski definition) is 1. The second-order valence-corrected chi connectivity index (χ2v) is 5.34. The minimum Gasteiger partial charge on any atom is -0.462 e. The van der Waals surface area contributed by atoms with Crippen LogP contribution in [0.1, 0.15) is 22.3 Å². The van der Waals surface area contributed by atoms with Crippen molar-refractivity contribution < 1.29 is 14.3 Å². The van der Waals surface area contributed by atoms with Crippen LogP contribution in [0.5, 0.6) is 0 Å². The highest BCUT2D eigenvalue weighted by atomic mass is 32.2. The number of carbonyl (C=O) groups is 2. The number of rotatable bonds is 6. The summed E-state index contributed by atoms with van der Waals surface area (Å²) in [6.07, 6.45) is 0. The van der Waals surface area contributed by atoms with Gasteiger partial charge in [-0.3, -0.25) is 4.79 Å². The van der Waals surface area contributed by atoms with Crippen LogP contribution in [0.4, 0.5) is 5.13 Å². The predicted molar refractivity (Wildman–Crippen MR) is 74.4 cm³/mol. The van der Waals surface area contributed by atoms with Gasteiger partial charge in [-0.2, -0.15) is 5.26 Å². The average molecular weight is 299 g/mol. The van der Waals surface area contributed by atoms with Gasteiger partial charge >= 0.3 is 5.97 Å². The van der Waals surface area contributed by atoms with Crippen molar-refractivity contribution in [2.75, 3.05) is 23.4 Å². The van der Waals surface area contributed by atoms with Gasteiger partial charge in [-0.15, -0.1) is 11.8 Å². The van der Waals surface area contributed by atoms with E-state index in [0.29, 0.717) is 22.3 Å². The maximum Gasteiger partial charge on any atom is 0.350 e. The minimum atomic E-state index is -0.433. The highest BCUT2D eigenvalue weighted by Gasteiger charge is 2.17. The van der Waals surface area contributed by atoms with Crippen LogP contribution >= 0.6 is 23.1 Å². The number of nitriles is 1. The number of thioether (sulfide) groups is 1. The molecular formula is C11H13N3O3S2. The van der Waals surface area contributed by atoms with Crippen LogP contribution in [0.15, 0.2) is 0 Å². The van der Waals surface area contributed by atoms with Crippen molar-refractivity contribution in [2.24, 2.45) is 0 Å². The zero-order valence-electron chi connectivity index (χ0n) is 10.6. The SMILES string of the molecule is CCOC(=O)c1sc(NC(=O)CSCC#N)nc1C. The van der Waals surface area contributed by atoms with E-state index in [0.717, 1.165) is 11.3 Å². The fourth-order valence-electron chi connectivity index (χ4n) is 1.18. The Balaban J connectivity index is 2.61. The molecule has 0 aromatic carbocycles. The molecule has 0 saturated carbocycles. The van der Waals surface area contributed by atoms with E-state index in [1.807, 2.05) is 6.07 Å². The molecule has 0 atom stereocenters. The van der Waals surface area contributed by atoms with E-state index in [-0.39, 0.29) is 17.4 Å². The Morgan fingerprint density at radius 3 is 2.95 bits per heavy atom. The molecule has 6 nitrogen and oxygen atoms in total. The number of nitrogens with one attached hydrogen (secondary N) is 1. The Bertz CT molecular complexity index is 508. The first-order valence-corrected chi connectivity index (χ1v) is 7.44. The van der Waals surface area contributed by atoms with E-state index in [4.69, 9.17) is 10.00 Å². The highest BCUT2D eigenvalue weighted by molar-refractivity contribution is 8.00. The molecule has 0 unspecified atom stereocenters. The normalized spacial score (nSPS) is 9.74. The van der Waals surface area contributed by atoms with Crippen molar-refractivity contribution in [1.82, 2.24) is 4.98 Å². The first-order chi connectivity index (χ1) is 9.08. The van der Waals surface area contributed by atoms with E-state index >= 15 is 0 Å². The van der Waals surface area contributed by atoms with E-state index in [9.17, 15) is 9.59 Å². The zero-order valence-corrected chi connectivity index (χ0v) is 12.2. The number of nitrogens with zero attached hydrogens (tertiary/aromatic N) is 2. The molecule has 0 bridgehead atoms. The molecule has 1 aromatic heterocycles. The Kier molecular flexibility index (Phi) is 6.32. The number of esters is 1. The minimum absolute atomic E-state index is 0.181. The predicted octanol–water partition coefficient (Wildman–Crippen LogP) is 1.82. The Morgan fingerprint density at radius 1 is 1.58 bits per heavy atom. The second-order valence-electron chi connectivity index (χ2n) is 3.35. The lowest BCUT2D eigenvalue weighted by atomic mass is 10.4. The van der Waals surface area contributed by atoms with Crippen LogP contribution in [0, 0.1) is 18.3 Å². The topological polar surface area (TPSA) is 92.1 Å². The number of hydrogen-bond acceptors (Lipinski definition) is 7. The monoisotopic (exact) mass is 299 g/mol. The molecule has 102 valence electrons. The van der Waals surface area contributed by atoms with Crippen molar-refractivity contribution in [1.29, 1.82) is 5.26 Å². The summed E-state index contributed by atoms with van der Waals surface area (Å²) in [5, 5.41) is 11.3. The average Bonchev–Trinajstić information content (AvgIpc) is 2.71. The Labute approximate surface area is 119 Å². The molecule has 1 heterocycles. The highest BCUT2D eigenvalue weighted by Crippen LogP contribution is 2.23. The molecule has 0 radical (unpaired) electrons. The van der Waals surface area contributed by atoms with Crippen molar-refractivity contribution in [3.05, 3.63) is 10.6 Å². The van der Waals surface area contributed by atoms with Gasteiger partial charge in [0.05, 0.1) is 29.9 Å². The number of anilines is 1. The van der Waals surface area contributed by atoms with Crippen LogP contribution in [0.2, 0.25) is 0 Å². The molecule has 0 fully saturated rings. The largest absolute Gasteiger partial charge is 0.462 e. The van der Waals surface area contributed by atoms with Crippen molar-refractivity contribution in [3.63, 3.8) is 0 Å². The maximum absolute atomic E-state index is 11.6. The summed E-state index contributed by atoms with van der Waals surface area (Å²) < 4.78 is 4.89. The summed E-state index contributed by atoms with van der Waals surface area (Å²) in [6.45, 7) is 3.70. The van der Waals surface area contributed by atoms with Gasteiger partial charge in [0.25, 0.3) is 0 Å².